The monoisotopic (exact) mass is 84.1 g/mol. The van der Waals surface area contributed by atoms with E-state index in [1.807, 2.05) is 0 Å². The van der Waals surface area contributed by atoms with Crippen LogP contribution in [0.4, 0.5) is 0 Å². The highest BCUT2D eigenvalue weighted by Crippen LogP contribution is 1.78. The summed E-state index contributed by atoms with van der Waals surface area (Å²) >= 11 is 0. The molecule has 1 N–H and O–H groups in total. The van der Waals surface area contributed by atoms with E-state index in [1.165, 1.54) is 0 Å². The topological polar surface area (TPSA) is 27.6 Å². The average molecular weight is 84.1 g/mol. The highest BCUT2D eigenvalue weighted by atomic mass is 15.5. The van der Waals surface area contributed by atoms with Gasteiger partial charge >= 0.3 is 0 Å². The first-order valence-electron chi connectivity index (χ1n) is 1.73. The molecule has 0 aromatic rings. The van der Waals surface area contributed by atoms with Gasteiger partial charge in [0.25, 0.3) is 0 Å². The second-order valence-corrected chi connectivity index (χ2v) is 1.08. The minimum atomic E-state index is 0.670. The fourth-order valence-corrected chi connectivity index (χ4v) is 0.312. The van der Waals surface area contributed by atoms with E-state index in [9.17, 15) is 0 Å². The minimum absolute atomic E-state index is 0.670. The Labute approximate surface area is 36.6 Å². The van der Waals surface area contributed by atoms with E-state index < -0.39 is 0 Å². The summed E-state index contributed by atoms with van der Waals surface area (Å²) in [6.07, 6.45) is 1.64. The summed E-state index contributed by atoms with van der Waals surface area (Å²) in [5.74, 6) is 0. The first kappa shape index (κ1) is 3.61. The van der Waals surface area contributed by atoms with Gasteiger partial charge in [0, 0.05) is 0 Å². The molecular formula is C3H6N3. The van der Waals surface area contributed by atoms with Gasteiger partial charge < -0.3 is 0 Å². The van der Waals surface area contributed by atoms with E-state index in [2.05, 4.69) is 17.5 Å². The third-order valence-electron chi connectivity index (χ3n) is 0.586. The second kappa shape index (κ2) is 1.26. The quantitative estimate of drug-likeness (QED) is 0.432. The van der Waals surface area contributed by atoms with Crippen LogP contribution in [0.2, 0.25) is 0 Å². The molecule has 1 heterocycles. The lowest BCUT2D eigenvalue weighted by Crippen LogP contribution is -2.24. The smallest absolute Gasteiger partial charge is 0.107 e. The molecule has 0 amide bonds. The second-order valence-electron chi connectivity index (χ2n) is 1.08. The average Bonchev–Trinajstić information content (AvgIpc) is 1.86. The molecule has 1 aliphatic rings. The summed E-state index contributed by atoms with van der Waals surface area (Å²) in [4.78, 5) is 3.79. The van der Waals surface area contributed by atoms with Gasteiger partial charge in [0.1, 0.15) is 13.0 Å². The molecule has 0 fully saturated rings. The Kier molecular flexibility index (Phi) is 0.759. The third-order valence-corrected chi connectivity index (χ3v) is 0.586. The molecule has 0 saturated heterocycles. The molecule has 3 nitrogen and oxygen atoms in total. The highest BCUT2D eigenvalue weighted by molar-refractivity contribution is 5.55. The highest BCUT2D eigenvalue weighted by Gasteiger charge is 1.92. The van der Waals surface area contributed by atoms with Crippen LogP contribution in [0.3, 0.4) is 0 Å². The van der Waals surface area contributed by atoms with Crippen LogP contribution in [0, 0.1) is 7.05 Å². The standard InChI is InChI=1S/C3H6N3/c1-6-3-4-2-5-6/h3,5H,1-2H2. The first-order valence-corrected chi connectivity index (χ1v) is 1.73. The van der Waals surface area contributed by atoms with Crippen molar-refractivity contribution in [2.45, 2.75) is 0 Å². The molecule has 6 heavy (non-hydrogen) atoms. The first-order chi connectivity index (χ1) is 2.89. The SMILES string of the molecule is [CH2]N1C=NCN1. The van der Waals surface area contributed by atoms with Crippen molar-refractivity contribution in [1.82, 2.24) is 10.4 Å². The van der Waals surface area contributed by atoms with E-state index >= 15 is 0 Å². The predicted molar refractivity (Wildman–Crippen MR) is 23.7 cm³/mol. The summed E-state index contributed by atoms with van der Waals surface area (Å²) in [5, 5.41) is 1.57. The van der Waals surface area contributed by atoms with Crippen molar-refractivity contribution in [2.75, 3.05) is 6.67 Å². The van der Waals surface area contributed by atoms with Crippen molar-refractivity contribution < 1.29 is 0 Å². The van der Waals surface area contributed by atoms with Crippen LogP contribution in [-0.4, -0.2) is 18.0 Å². The van der Waals surface area contributed by atoms with Crippen LogP contribution in [0.15, 0.2) is 4.99 Å². The lowest BCUT2D eigenvalue weighted by Gasteiger charge is -2.01. The molecule has 0 aromatic carbocycles. The Hall–Kier alpha value is -0.570. The van der Waals surface area contributed by atoms with E-state index in [-0.39, 0.29) is 0 Å². The Morgan fingerprint density at radius 1 is 2.00 bits per heavy atom. The van der Waals surface area contributed by atoms with Crippen molar-refractivity contribution in [3.63, 3.8) is 0 Å². The number of nitrogens with one attached hydrogen (secondary N) is 1. The van der Waals surface area contributed by atoms with Crippen molar-refractivity contribution >= 4 is 6.34 Å². The van der Waals surface area contributed by atoms with Gasteiger partial charge in [-0.05, 0) is 0 Å². The molecule has 0 atom stereocenters. The van der Waals surface area contributed by atoms with Gasteiger partial charge in [-0.1, -0.05) is 0 Å². The molecule has 3 heteroatoms. The van der Waals surface area contributed by atoms with Gasteiger partial charge in [-0.15, -0.1) is 0 Å². The van der Waals surface area contributed by atoms with E-state index in [0.717, 1.165) is 0 Å². The summed E-state index contributed by atoms with van der Waals surface area (Å²) in [7, 11) is 3.51. The van der Waals surface area contributed by atoms with E-state index in [1.54, 1.807) is 11.3 Å². The molecule has 0 unspecified atom stereocenters. The van der Waals surface area contributed by atoms with Gasteiger partial charge in [-0.25, -0.2) is 5.43 Å². The molecule has 0 aromatic heterocycles. The molecule has 33 valence electrons. The van der Waals surface area contributed by atoms with Crippen molar-refractivity contribution in [3.05, 3.63) is 7.05 Å². The number of hydrazine groups is 1. The Morgan fingerprint density at radius 2 is 2.83 bits per heavy atom. The molecule has 1 rings (SSSR count). The zero-order chi connectivity index (χ0) is 4.41. The van der Waals surface area contributed by atoms with Crippen LogP contribution in [0.1, 0.15) is 0 Å². The van der Waals surface area contributed by atoms with Crippen LogP contribution < -0.4 is 5.43 Å². The predicted octanol–water partition coefficient (Wildman–Crippen LogP) is -0.416. The third kappa shape index (κ3) is 0.490. The number of hydrogen-bond acceptors (Lipinski definition) is 3. The van der Waals surface area contributed by atoms with Gasteiger partial charge in [0.2, 0.25) is 0 Å². The molecule has 1 radical (unpaired) electrons. The van der Waals surface area contributed by atoms with Crippen LogP contribution >= 0.6 is 0 Å². The zero-order valence-corrected chi connectivity index (χ0v) is 3.39. The van der Waals surface area contributed by atoms with E-state index in [0.29, 0.717) is 6.67 Å². The number of nitrogens with zero attached hydrogens (tertiary/aromatic N) is 2. The largest absolute Gasteiger partial charge is 0.295 e. The maximum absolute atomic E-state index is 3.79. The Morgan fingerprint density at radius 3 is 3.00 bits per heavy atom. The summed E-state index contributed by atoms with van der Waals surface area (Å²) in [6.45, 7) is 0.670. The van der Waals surface area contributed by atoms with Gasteiger partial charge in [-0.3, -0.25) is 10.0 Å². The maximum Gasteiger partial charge on any atom is 0.107 e. The molecule has 0 bridgehead atoms. The molecule has 1 aliphatic heterocycles. The molecule has 0 spiro atoms. The molecule has 0 aliphatic carbocycles. The minimum Gasteiger partial charge on any atom is -0.295 e. The summed E-state index contributed by atoms with van der Waals surface area (Å²) < 4.78 is 0. The van der Waals surface area contributed by atoms with E-state index in [4.69, 9.17) is 0 Å². The van der Waals surface area contributed by atoms with Crippen molar-refractivity contribution in [1.29, 1.82) is 0 Å². The van der Waals surface area contributed by atoms with Gasteiger partial charge in [0.15, 0.2) is 0 Å². The number of hydrogen-bond donors (Lipinski definition) is 1. The Bertz CT molecular complexity index is 68.4. The summed E-state index contributed by atoms with van der Waals surface area (Å²) in [5.41, 5.74) is 2.82. The van der Waals surface area contributed by atoms with Crippen LogP contribution in [0.5, 0.6) is 0 Å². The molecular weight excluding hydrogens is 78.1 g/mol. The normalized spacial score (nSPS) is 19.8. The zero-order valence-electron chi connectivity index (χ0n) is 3.39. The van der Waals surface area contributed by atoms with Gasteiger partial charge in [0.05, 0.1) is 7.05 Å². The fraction of sp³-hybridized carbons (Fsp3) is 0.333. The van der Waals surface area contributed by atoms with Crippen LogP contribution in [0.25, 0.3) is 0 Å². The number of aliphatic imine (C=N–C) groups is 1. The fourth-order valence-electron chi connectivity index (χ4n) is 0.312. The lowest BCUT2D eigenvalue weighted by molar-refractivity contribution is 0.456. The van der Waals surface area contributed by atoms with Gasteiger partial charge in [-0.2, -0.15) is 0 Å². The van der Waals surface area contributed by atoms with Crippen molar-refractivity contribution in [3.8, 4) is 0 Å². The van der Waals surface area contributed by atoms with Crippen molar-refractivity contribution in [2.24, 2.45) is 4.99 Å². The molecule has 0 saturated carbocycles. The Balaban J connectivity index is 2.38. The lowest BCUT2D eigenvalue weighted by atomic mass is 11.1. The number of rotatable bonds is 0. The maximum atomic E-state index is 3.79. The summed E-state index contributed by atoms with van der Waals surface area (Å²) in [6, 6.07) is 0. The van der Waals surface area contributed by atoms with Crippen LogP contribution in [-0.2, 0) is 0 Å².